The van der Waals surface area contributed by atoms with Crippen LogP contribution in [0.25, 0.3) is 0 Å². The van der Waals surface area contributed by atoms with E-state index in [2.05, 4.69) is 20.8 Å². The highest BCUT2D eigenvalue weighted by atomic mass is 16.5. The van der Waals surface area contributed by atoms with Crippen LogP contribution in [0.1, 0.15) is 55.2 Å². The summed E-state index contributed by atoms with van der Waals surface area (Å²) in [5, 5.41) is 17.7. The van der Waals surface area contributed by atoms with Crippen molar-refractivity contribution in [2.24, 2.45) is 0 Å². The Morgan fingerprint density at radius 3 is 2.82 bits per heavy atom. The van der Waals surface area contributed by atoms with Gasteiger partial charge in [-0.05, 0) is 49.9 Å². The van der Waals surface area contributed by atoms with Crippen molar-refractivity contribution < 1.29 is 9.53 Å². The first-order chi connectivity index (χ1) is 13.7. The molecule has 7 nitrogen and oxygen atoms in total. The average Bonchev–Trinajstić information content (AvgIpc) is 3.00. The number of aromatic nitrogens is 3. The molecule has 28 heavy (non-hydrogen) atoms. The molecule has 4 rings (SSSR count). The van der Waals surface area contributed by atoms with Crippen LogP contribution in [0.15, 0.2) is 24.3 Å². The Balaban J connectivity index is 1.37. The lowest BCUT2D eigenvalue weighted by Gasteiger charge is -2.32. The molecule has 1 aromatic carbocycles. The zero-order chi connectivity index (χ0) is 19.3. The monoisotopic (exact) mass is 379 g/mol. The molecule has 1 fully saturated rings. The minimum atomic E-state index is -0.00957. The number of rotatable bonds is 4. The predicted octanol–water partition coefficient (Wildman–Crippen LogP) is 2.66. The Bertz CT molecular complexity index is 868. The van der Waals surface area contributed by atoms with Crippen molar-refractivity contribution in [1.82, 2.24) is 19.7 Å². The number of carbonyl (C=O) groups is 1. The van der Waals surface area contributed by atoms with E-state index in [1.807, 2.05) is 4.90 Å². The summed E-state index contributed by atoms with van der Waals surface area (Å²) in [4.78, 5) is 14.5. The highest BCUT2D eigenvalue weighted by Crippen LogP contribution is 2.28. The average molecular weight is 379 g/mol. The molecule has 1 atom stereocenters. The second-order valence-electron chi connectivity index (χ2n) is 7.54. The van der Waals surface area contributed by atoms with Gasteiger partial charge in [0.25, 0.3) is 5.91 Å². The first kappa shape index (κ1) is 18.5. The van der Waals surface area contributed by atoms with Gasteiger partial charge in [-0.15, -0.1) is 10.2 Å². The lowest BCUT2D eigenvalue weighted by molar-refractivity contribution is -0.134. The van der Waals surface area contributed by atoms with Gasteiger partial charge in [0.05, 0.1) is 11.6 Å². The zero-order valence-corrected chi connectivity index (χ0v) is 16.0. The minimum absolute atomic E-state index is 0.00957. The number of carbonyl (C=O) groups excluding carboxylic acids is 1. The highest BCUT2D eigenvalue weighted by Gasteiger charge is 2.29. The van der Waals surface area contributed by atoms with E-state index >= 15 is 0 Å². The quantitative estimate of drug-likeness (QED) is 0.815. The van der Waals surface area contributed by atoms with E-state index < -0.39 is 0 Å². The Morgan fingerprint density at radius 1 is 1.14 bits per heavy atom. The van der Waals surface area contributed by atoms with Crippen molar-refractivity contribution in [2.45, 2.75) is 51.0 Å². The smallest absolute Gasteiger partial charge is 0.260 e. The molecule has 3 heterocycles. The summed E-state index contributed by atoms with van der Waals surface area (Å²) in [5.41, 5.74) is 0.574. The third kappa shape index (κ3) is 4.01. The molecule has 2 aliphatic rings. The van der Waals surface area contributed by atoms with Crippen LogP contribution >= 0.6 is 0 Å². The zero-order valence-electron chi connectivity index (χ0n) is 16.0. The summed E-state index contributed by atoms with van der Waals surface area (Å²) < 4.78 is 7.91. The highest BCUT2D eigenvalue weighted by molar-refractivity contribution is 5.78. The van der Waals surface area contributed by atoms with E-state index in [1.165, 1.54) is 19.3 Å². The summed E-state index contributed by atoms with van der Waals surface area (Å²) in [7, 11) is 0. The Hall–Kier alpha value is -2.88. The molecule has 2 aliphatic heterocycles. The van der Waals surface area contributed by atoms with E-state index in [0.717, 1.165) is 44.0 Å². The van der Waals surface area contributed by atoms with Crippen molar-refractivity contribution in [2.75, 3.05) is 19.7 Å². The van der Waals surface area contributed by atoms with Crippen molar-refractivity contribution in [1.29, 1.82) is 5.26 Å². The van der Waals surface area contributed by atoms with Gasteiger partial charge in [-0.2, -0.15) is 5.26 Å². The number of ether oxygens (including phenoxy) is 1. The molecule has 0 N–H and O–H groups in total. The Kier molecular flexibility index (Phi) is 5.56. The molecule has 1 saturated heterocycles. The number of aryl methyl sites for hydroxylation is 1. The van der Waals surface area contributed by atoms with Gasteiger partial charge in [-0.3, -0.25) is 4.79 Å². The van der Waals surface area contributed by atoms with Crippen LogP contribution in [0.2, 0.25) is 0 Å². The van der Waals surface area contributed by atoms with Crippen LogP contribution in [-0.2, 0) is 17.8 Å². The number of nitriles is 1. The van der Waals surface area contributed by atoms with E-state index in [9.17, 15) is 4.79 Å². The third-order valence-electron chi connectivity index (χ3n) is 5.62. The molecule has 1 unspecified atom stereocenters. The normalized spacial score (nSPS) is 19.4. The number of hydrogen-bond donors (Lipinski definition) is 0. The lowest BCUT2D eigenvalue weighted by atomic mass is 9.97. The molecule has 0 saturated carbocycles. The molecular formula is C21H25N5O2. The van der Waals surface area contributed by atoms with Crippen LogP contribution in [0.4, 0.5) is 0 Å². The van der Waals surface area contributed by atoms with Gasteiger partial charge in [-0.1, -0.05) is 6.42 Å². The fourth-order valence-electron chi connectivity index (χ4n) is 4.09. The summed E-state index contributed by atoms with van der Waals surface area (Å²) in [5.74, 6) is 2.97. The summed E-state index contributed by atoms with van der Waals surface area (Å²) in [6.45, 7) is 2.43. The van der Waals surface area contributed by atoms with E-state index in [0.29, 0.717) is 17.9 Å². The van der Waals surface area contributed by atoms with Crippen LogP contribution in [0.5, 0.6) is 5.75 Å². The maximum absolute atomic E-state index is 12.7. The molecule has 2 aromatic rings. The van der Waals surface area contributed by atoms with Gasteiger partial charge in [0.15, 0.2) is 6.61 Å². The van der Waals surface area contributed by atoms with Gasteiger partial charge in [0.2, 0.25) is 0 Å². The van der Waals surface area contributed by atoms with Gasteiger partial charge < -0.3 is 14.2 Å². The third-order valence-corrected chi connectivity index (χ3v) is 5.62. The van der Waals surface area contributed by atoms with Gasteiger partial charge in [-0.25, -0.2) is 0 Å². The molecule has 0 aliphatic carbocycles. The molecule has 0 bridgehead atoms. The summed E-state index contributed by atoms with van der Waals surface area (Å²) >= 11 is 0. The summed E-state index contributed by atoms with van der Waals surface area (Å²) in [6.07, 6.45) is 6.60. The number of likely N-dealkylation sites (tertiary alicyclic amines) is 1. The van der Waals surface area contributed by atoms with Crippen LogP contribution < -0.4 is 4.74 Å². The lowest BCUT2D eigenvalue weighted by Crippen LogP contribution is -2.42. The van der Waals surface area contributed by atoms with E-state index in [1.54, 1.807) is 24.3 Å². The molecule has 1 amide bonds. The topological polar surface area (TPSA) is 84.0 Å². The fourth-order valence-corrected chi connectivity index (χ4v) is 4.09. The van der Waals surface area contributed by atoms with Gasteiger partial charge in [0, 0.05) is 32.0 Å². The molecular weight excluding hydrogens is 354 g/mol. The van der Waals surface area contributed by atoms with Crippen molar-refractivity contribution >= 4 is 5.91 Å². The first-order valence-corrected chi connectivity index (χ1v) is 10.1. The molecule has 7 heteroatoms. The SMILES string of the molecule is N#Cc1ccc(OCC(=O)N2CCCC(c3nnc4n3CCCCC4)C2)cc1. The second kappa shape index (κ2) is 8.42. The maximum Gasteiger partial charge on any atom is 0.260 e. The van der Waals surface area contributed by atoms with Crippen LogP contribution in [0.3, 0.4) is 0 Å². The van der Waals surface area contributed by atoms with E-state index in [-0.39, 0.29) is 18.4 Å². The predicted molar refractivity (Wildman–Crippen MR) is 103 cm³/mol. The fraction of sp³-hybridized carbons (Fsp3) is 0.524. The number of nitrogens with zero attached hydrogens (tertiary/aromatic N) is 5. The largest absolute Gasteiger partial charge is 0.484 e. The first-order valence-electron chi connectivity index (χ1n) is 10.1. The van der Waals surface area contributed by atoms with Crippen molar-refractivity contribution in [3.05, 3.63) is 41.5 Å². The molecule has 0 radical (unpaired) electrons. The minimum Gasteiger partial charge on any atom is -0.484 e. The second-order valence-corrected chi connectivity index (χ2v) is 7.54. The number of fused-ring (bicyclic) bond motifs is 1. The Labute approximate surface area is 164 Å². The molecule has 146 valence electrons. The molecule has 1 aromatic heterocycles. The number of hydrogen-bond acceptors (Lipinski definition) is 5. The summed E-state index contributed by atoms with van der Waals surface area (Å²) in [6, 6.07) is 8.88. The maximum atomic E-state index is 12.7. The number of benzene rings is 1. The van der Waals surface area contributed by atoms with Crippen molar-refractivity contribution in [3.63, 3.8) is 0 Å². The van der Waals surface area contributed by atoms with Crippen LogP contribution in [-0.4, -0.2) is 45.3 Å². The number of piperidine rings is 1. The van der Waals surface area contributed by atoms with E-state index in [4.69, 9.17) is 10.00 Å². The van der Waals surface area contributed by atoms with Crippen LogP contribution in [0, 0.1) is 11.3 Å². The Morgan fingerprint density at radius 2 is 2.00 bits per heavy atom. The van der Waals surface area contributed by atoms with Gasteiger partial charge in [0.1, 0.15) is 17.4 Å². The molecule has 0 spiro atoms. The van der Waals surface area contributed by atoms with Crippen molar-refractivity contribution in [3.8, 4) is 11.8 Å². The number of amides is 1. The van der Waals surface area contributed by atoms with Gasteiger partial charge >= 0.3 is 0 Å². The standard InChI is InChI=1S/C21H25N5O2/c22-13-16-7-9-18(10-8-16)28-15-20(27)25-11-4-5-17(14-25)21-24-23-19-6-2-1-3-12-26(19)21/h7-10,17H,1-6,11-12,14-15H2.